The van der Waals surface area contributed by atoms with Gasteiger partial charge in [0.05, 0.1) is 23.7 Å². The average Bonchev–Trinajstić information content (AvgIpc) is 3.29. The Bertz CT molecular complexity index is 1070. The Hall–Kier alpha value is -3.36. The number of benzene rings is 1. The number of nitrogens with one attached hydrogen (secondary N) is 1. The molecule has 0 saturated carbocycles. The lowest BCUT2D eigenvalue weighted by Crippen LogP contribution is -2.38. The molecule has 0 bridgehead atoms. The highest BCUT2D eigenvalue weighted by molar-refractivity contribution is 5.92. The summed E-state index contributed by atoms with van der Waals surface area (Å²) in [5.74, 6) is 0.0578. The zero-order chi connectivity index (χ0) is 22.8. The number of amides is 1. The molecule has 4 rings (SSSR count). The number of nitrogen functional groups attached to an aromatic ring is 1. The lowest BCUT2D eigenvalue weighted by molar-refractivity contribution is 0.0356. The third-order valence-corrected chi connectivity index (χ3v) is 5.48. The van der Waals surface area contributed by atoms with E-state index in [0.29, 0.717) is 18.1 Å². The fourth-order valence-corrected chi connectivity index (χ4v) is 3.81. The molecule has 1 amide bonds. The second-order valence-corrected chi connectivity index (χ2v) is 8.61. The van der Waals surface area contributed by atoms with Crippen LogP contribution in [0, 0.1) is 0 Å². The van der Waals surface area contributed by atoms with E-state index in [4.69, 9.17) is 10.5 Å². The molecule has 0 radical (unpaired) electrons. The van der Waals surface area contributed by atoms with Crippen LogP contribution in [0.15, 0.2) is 55.0 Å². The quantitative estimate of drug-likeness (QED) is 0.546. The van der Waals surface area contributed by atoms with E-state index >= 15 is 0 Å². The van der Waals surface area contributed by atoms with Crippen LogP contribution < -0.4 is 11.1 Å². The maximum atomic E-state index is 12.3. The number of pyridine rings is 1. The zero-order valence-corrected chi connectivity index (χ0v) is 18.2. The predicted molar refractivity (Wildman–Crippen MR) is 121 cm³/mol. The third-order valence-electron chi connectivity index (χ3n) is 5.48. The fraction of sp³-hybridized carbons (Fsp3) is 0.333. The van der Waals surface area contributed by atoms with Gasteiger partial charge >= 0.3 is 0 Å². The molecule has 3 heterocycles. The molecule has 1 aliphatic heterocycles. The Labute approximate surface area is 186 Å². The molecule has 32 heavy (non-hydrogen) atoms. The van der Waals surface area contributed by atoms with E-state index in [-0.39, 0.29) is 12.5 Å². The standard InChI is InChI=1S/C24H27N5O3/c1-23(2,31)15-29-22(30)19-9-8-18(12-26-19)24(10-3-11-32-24)17-6-4-16(5-7-17)20-13-28-21(25)14-27-20/h4-9,12-14,31H,3,10-11,15H2,1-2H3,(H2,25,28)(H,29,30)/t24-/m1/s1. The number of aliphatic hydroxyl groups is 1. The van der Waals surface area contributed by atoms with Crippen molar-refractivity contribution < 1.29 is 14.6 Å². The van der Waals surface area contributed by atoms with E-state index in [0.717, 1.165) is 35.2 Å². The average molecular weight is 434 g/mol. The van der Waals surface area contributed by atoms with Crippen molar-refractivity contribution in [3.8, 4) is 11.3 Å². The summed E-state index contributed by atoms with van der Waals surface area (Å²) in [7, 11) is 0. The van der Waals surface area contributed by atoms with Gasteiger partial charge in [-0.3, -0.25) is 14.8 Å². The molecule has 8 nitrogen and oxygen atoms in total. The number of nitrogens with zero attached hydrogens (tertiary/aromatic N) is 3. The number of aromatic nitrogens is 3. The maximum absolute atomic E-state index is 12.3. The van der Waals surface area contributed by atoms with Gasteiger partial charge in [-0.2, -0.15) is 0 Å². The SMILES string of the molecule is CC(C)(O)CNC(=O)c1ccc([C@]2(c3ccc(-c4cnc(N)cn4)cc3)CCCO2)cn1. The Kier molecular flexibility index (Phi) is 5.90. The number of nitrogens with two attached hydrogens (primary N) is 1. The van der Waals surface area contributed by atoms with Crippen LogP contribution in [0.2, 0.25) is 0 Å². The molecule has 1 aromatic carbocycles. The van der Waals surface area contributed by atoms with Crippen LogP contribution in [0.4, 0.5) is 5.82 Å². The van der Waals surface area contributed by atoms with Gasteiger partial charge in [0.15, 0.2) is 0 Å². The number of rotatable bonds is 6. The van der Waals surface area contributed by atoms with Crippen LogP contribution in [0.5, 0.6) is 0 Å². The molecule has 1 atom stereocenters. The first kappa shape index (κ1) is 21.9. The molecule has 0 aliphatic carbocycles. The number of ether oxygens (including phenoxy) is 1. The summed E-state index contributed by atoms with van der Waals surface area (Å²) >= 11 is 0. The Balaban J connectivity index is 1.57. The summed E-state index contributed by atoms with van der Waals surface area (Å²) in [4.78, 5) is 25.1. The van der Waals surface area contributed by atoms with Gasteiger partial charge in [0.2, 0.25) is 0 Å². The molecule has 0 spiro atoms. The highest BCUT2D eigenvalue weighted by Crippen LogP contribution is 2.42. The first-order valence-corrected chi connectivity index (χ1v) is 10.6. The first-order chi connectivity index (χ1) is 15.3. The van der Waals surface area contributed by atoms with E-state index in [1.165, 1.54) is 6.20 Å². The number of carbonyl (C=O) groups excluding carboxylic acids is 1. The fourth-order valence-electron chi connectivity index (χ4n) is 3.81. The van der Waals surface area contributed by atoms with Crippen molar-refractivity contribution >= 4 is 11.7 Å². The smallest absolute Gasteiger partial charge is 0.269 e. The van der Waals surface area contributed by atoms with Crippen LogP contribution in [-0.4, -0.2) is 44.7 Å². The van der Waals surface area contributed by atoms with E-state index in [1.807, 2.05) is 30.3 Å². The minimum atomic E-state index is -0.985. The number of hydrogen-bond acceptors (Lipinski definition) is 7. The molecule has 1 saturated heterocycles. The van der Waals surface area contributed by atoms with E-state index in [9.17, 15) is 9.90 Å². The summed E-state index contributed by atoms with van der Waals surface area (Å²) in [6.07, 6.45) is 6.64. The number of anilines is 1. The molecule has 4 N–H and O–H groups in total. The minimum Gasteiger partial charge on any atom is -0.389 e. The molecule has 2 aromatic heterocycles. The molecular formula is C24H27N5O3. The van der Waals surface area contributed by atoms with Crippen molar-refractivity contribution in [3.63, 3.8) is 0 Å². The normalized spacial score (nSPS) is 18.5. The monoisotopic (exact) mass is 433 g/mol. The molecule has 0 unspecified atom stereocenters. The molecule has 1 aliphatic rings. The topological polar surface area (TPSA) is 123 Å². The lowest BCUT2D eigenvalue weighted by Gasteiger charge is -2.29. The van der Waals surface area contributed by atoms with Crippen molar-refractivity contribution in [1.29, 1.82) is 0 Å². The van der Waals surface area contributed by atoms with Crippen LogP contribution in [-0.2, 0) is 10.3 Å². The van der Waals surface area contributed by atoms with Gasteiger partial charge in [0.1, 0.15) is 17.1 Å². The van der Waals surface area contributed by atoms with Gasteiger partial charge in [-0.15, -0.1) is 0 Å². The van der Waals surface area contributed by atoms with Crippen molar-refractivity contribution in [2.75, 3.05) is 18.9 Å². The van der Waals surface area contributed by atoms with Crippen LogP contribution in [0.3, 0.4) is 0 Å². The predicted octanol–water partition coefficient (Wildman–Crippen LogP) is 2.68. The van der Waals surface area contributed by atoms with Crippen LogP contribution >= 0.6 is 0 Å². The Morgan fingerprint density at radius 2 is 1.84 bits per heavy atom. The third kappa shape index (κ3) is 4.61. The molecule has 1 fully saturated rings. The summed E-state index contributed by atoms with van der Waals surface area (Å²) in [6, 6.07) is 11.6. The van der Waals surface area contributed by atoms with E-state index < -0.39 is 11.2 Å². The molecule has 8 heteroatoms. The van der Waals surface area contributed by atoms with E-state index in [2.05, 4.69) is 20.3 Å². The molecule has 166 valence electrons. The highest BCUT2D eigenvalue weighted by atomic mass is 16.5. The summed E-state index contributed by atoms with van der Waals surface area (Å²) < 4.78 is 6.25. The molecule has 3 aromatic rings. The zero-order valence-electron chi connectivity index (χ0n) is 18.2. The van der Waals surface area contributed by atoms with Gasteiger partial charge in [-0.1, -0.05) is 30.3 Å². The summed E-state index contributed by atoms with van der Waals surface area (Å²) in [6.45, 7) is 4.07. The van der Waals surface area contributed by atoms with Gasteiger partial charge in [-0.25, -0.2) is 4.98 Å². The number of carbonyl (C=O) groups is 1. The maximum Gasteiger partial charge on any atom is 0.269 e. The molecular weight excluding hydrogens is 406 g/mol. The van der Waals surface area contributed by atoms with Crippen LogP contribution in [0.25, 0.3) is 11.3 Å². The Morgan fingerprint density at radius 1 is 1.09 bits per heavy atom. The van der Waals surface area contributed by atoms with Crippen LogP contribution in [0.1, 0.15) is 48.3 Å². The van der Waals surface area contributed by atoms with Crippen molar-refractivity contribution in [2.45, 2.75) is 37.9 Å². The summed E-state index contributed by atoms with van der Waals surface area (Å²) in [5.41, 5.74) is 7.92. The minimum absolute atomic E-state index is 0.146. The second-order valence-electron chi connectivity index (χ2n) is 8.61. The van der Waals surface area contributed by atoms with E-state index in [1.54, 1.807) is 32.3 Å². The van der Waals surface area contributed by atoms with Crippen molar-refractivity contribution in [3.05, 3.63) is 71.8 Å². The van der Waals surface area contributed by atoms with Gasteiger partial charge in [-0.05, 0) is 38.3 Å². The Morgan fingerprint density at radius 3 is 2.41 bits per heavy atom. The van der Waals surface area contributed by atoms with Crippen molar-refractivity contribution in [2.24, 2.45) is 0 Å². The number of hydrogen-bond donors (Lipinski definition) is 3. The van der Waals surface area contributed by atoms with Gasteiger partial charge in [0.25, 0.3) is 5.91 Å². The highest BCUT2D eigenvalue weighted by Gasteiger charge is 2.39. The van der Waals surface area contributed by atoms with Gasteiger partial charge in [0, 0.05) is 30.5 Å². The summed E-state index contributed by atoms with van der Waals surface area (Å²) in [5, 5.41) is 12.5. The second kappa shape index (κ2) is 8.64. The first-order valence-electron chi connectivity index (χ1n) is 10.6. The largest absolute Gasteiger partial charge is 0.389 e. The van der Waals surface area contributed by atoms with Gasteiger partial charge < -0.3 is 20.9 Å². The van der Waals surface area contributed by atoms with Crippen molar-refractivity contribution in [1.82, 2.24) is 20.3 Å². The lowest BCUT2D eigenvalue weighted by atomic mass is 9.84.